The minimum absolute atomic E-state index is 0.208. The number of hydrogen-bond acceptors (Lipinski definition) is 3. The van der Waals surface area contributed by atoms with Crippen LogP contribution in [-0.4, -0.2) is 11.8 Å². The molecule has 1 aliphatic carbocycles. The molecule has 3 rings (SSSR count). The molecule has 1 aliphatic rings. The van der Waals surface area contributed by atoms with E-state index in [0.717, 1.165) is 34.8 Å². The molecule has 120 valence electrons. The summed E-state index contributed by atoms with van der Waals surface area (Å²) in [5, 5.41) is 3.47. The van der Waals surface area contributed by atoms with Gasteiger partial charge in [0.2, 0.25) is 0 Å². The Balaban J connectivity index is 1.92. The largest absolute Gasteiger partial charge is 0.365 e. The van der Waals surface area contributed by atoms with E-state index in [-0.39, 0.29) is 5.91 Å². The van der Waals surface area contributed by atoms with Crippen molar-refractivity contribution < 1.29 is 9.59 Å². The topological polar surface area (TPSA) is 72.2 Å². The zero-order valence-electron chi connectivity index (χ0n) is 12.5. The standard InChI is InChI=1S/C17H17IN2O2S/c18-11-8-6-10(7-9-11)16(22)20-17-14(15(19)21)12-4-2-1-3-5-13(12)23-17/h6-9H,1-5H2,(H2,19,21)(H,20,22). The van der Waals surface area contributed by atoms with Gasteiger partial charge in [-0.1, -0.05) is 6.42 Å². The average Bonchev–Trinajstić information content (AvgIpc) is 2.69. The molecule has 0 saturated heterocycles. The van der Waals surface area contributed by atoms with Crippen molar-refractivity contribution in [2.45, 2.75) is 32.1 Å². The van der Waals surface area contributed by atoms with Crippen molar-refractivity contribution in [3.8, 4) is 0 Å². The highest BCUT2D eigenvalue weighted by atomic mass is 127. The predicted molar refractivity (Wildman–Crippen MR) is 101 cm³/mol. The van der Waals surface area contributed by atoms with Gasteiger partial charge in [0.15, 0.2) is 0 Å². The van der Waals surface area contributed by atoms with Gasteiger partial charge in [-0.15, -0.1) is 11.3 Å². The minimum Gasteiger partial charge on any atom is -0.365 e. The monoisotopic (exact) mass is 440 g/mol. The Labute approximate surface area is 152 Å². The smallest absolute Gasteiger partial charge is 0.256 e. The van der Waals surface area contributed by atoms with Crippen LogP contribution in [0.1, 0.15) is 50.4 Å². The number of halogens is 1. The Morgan fingerprint density at radius 1 is 1.09 bits per heavy atom. The molecule has 0 unspecified atom stereocenters. The number of carbonyl (C=O) groups is 2. The van der Waals surface area contributed by atoms with E-state index in [1.807, 2.05) is 12.1 Å². The first kappa shape index (κ1) is 16.4. The number of fused-ring (bicyclic) bond motifs is 1. The lowest BCUT2D eigenvalue weighted by molar-refractivity contribution is 0.100. The van der Waals surface area contributed by atoms with Crippen LogP contribution in [0, 0.1) is 3.57 Å². The van der Waals surface area contributed by atoms with Gasteiger partial charge in [0.25, 0.3) is 11.8 Å². The Bertz CT molecular complexity index is 753. The number of nitrogens with two attached hydrogens (primary N) is 1. The minimum atomic E-state index is -0.456. The van der Waals surface area contributed by atoms with Crippen LogP contribution in [0.2, 0.25) is 0 Å². The summed E-state index contributed by atoms with van der Waals surface area (Å²) < 4.78 is 1.07. The maximum Gasteiger partial charge on any atom is 0.256 e. The van der Waals surface area contributed by atoms with Gasteiger partial charge >= 0.3 is 0 Å². The van der Waals surface area contributed by atoms with Crippen molar-refractivity contribution in [1.29, 1.82) is 0 Å². The predicted octanol–water partition coefficient (Wildman–Crippen LogP) is 3.97. The summed E-state index contributed by atoms with van der Waals surface area (Å²) in [6, 6.07) is 7.32. The maximum atomic E-state index is 12.4. The van der Waals surface area contributed by atoms with Gasteiger partial charge in [-0.2, -0.15) is 0 Å². The first-order valence-electron chi connectivity index (χ1n) is 7.57. The third-order valence-corrected chi connectivity index (χ3v) is 5.93. The van der Waals surface area contributed by atoms with E-state index in [2.05, 4.69) is 27.9 Å². The number of anilines is 1. The quantitative estimate of drug-likeness (QED) is 0.560. The van der Waals surface area contributed by atoms with Gasteiger partial charge in [0.1, 0.15) is 5.00 Å². The highest BCUT2D eigenvalue weighted by Gasteiger charge is 2.24. The number of aryl methyl sites for hydroxylation is 1. The lowest BCUT2D eigenvalue weighted by atomic mass is 10.1. The third kappa shape index (κ3) is 3.58. The Morgan fingerprint density at radius 3 is 2.48 bits per heavy atom. The number of amides is 2. The highest BCUT2D eigenvalue weighted by Crippen LogP contribution is 2.37. The Morgan fingerprint density at radius 2 is 1.78 bits per heavy atom. The first-order chi connectivity index (χ1) is 11.1. The molecule has 1 aromatic carbocycles. The van der Waals surface area contributed by atoms with Crippen LogP contribution in [0.5, 0.6) is 0 Å². The molecule has 2 aromatic rings. The van der Waals surface area contributed by atoms with E-state index in [4.69, 9.17) is 5.73 Å². The second kappa shape index (κ2) is 7.00. The van der Waals surface area contributed by atoms with Crippen molar-refractivity contribution in [3.63, 3.8) is 0 Å². The van der Waals surface area contributed by atoms with Crippen LogP contribution in [0.25, 0.3) is 0 Å². The second-order valence-electron chi connectivity index (χ2n) is 5.59. The molecule has 1 aromatic heterocycles. The second-order valence-corrected chi connectivity index (χ2v) is 7.94. The van der Waals surface area contributed by atoms with E-state index in [1.165, 1.54) is 22.6 Å². The summed E-state index contributed by atoms with van der Waals surface area (Å²) in [7, 11) is 0. The Hall–Kier alpha value is -1.41. The summed E-state index contributed by atoms with van der Waals surface area (Å²) in [5.74, 6) is -0.664. The first-order valence-corrected chi connectivity index (χ1v) is 9.47. The summed E-state index contributed by atoms with van der Waals surface area (Å²) in [4.78, 5) is 25.5. The molecule has 0 radical (unpaired) electrons. The lowest BCUT2D eigenvalue weighted by Gasteiger charge is -2.06. The van der Waals surface area contributed by atoms with Crippen molar-refractivity contribution in [3.05, 3.63) is 49.4 Å². The fourth-order valence-corrected chi connectivity index (χ4v) is 4.52. The third-order valence-electron chi connectivity index (χ3n) is 4.00. The molecule has 4 nitrogen and oxygen atoms in total. The normalized spacial score (nSPS) is 14.0. The van der Waals surface area contributed by atoms with Crippen molar-refractivity contribution in [2.75, 3.05) is 5.32 Å². The highest BCUT2D eigenvalue weighted by molar-refractivity contribution is 14.1. The number of hydrogen-bond donors (Lipinski definition) is 2. The van der Waals surface area contributed by atoms with Crippen molar-refractivity contribution >= 4 is 50.7 Å². The van der Waals surface area contributed by atoms with E-state index < -0.39 is 5.91 Å². The van der Waals surface area contributed by atoms with E-state index >= 15 is 0 Å². The number of thiophene rings is 1. The molecule has 0 bridgehead atoms. The molecular formula is C17H17IN2O2S. The van der Waals surface area contributed by atoms with Gasteiger partial charge in [-0.25, -0.2) is 0 Å². The van der Waals surface area contributed by atoms with Gasteiger partial charge in [0, 0.05) is 14.0 Å². The van der Waals surface area contributed by atoms with Gasteiger partial charge in [-0.05, 0) is 78.1 Å². The molecule has 23 heavy (non-hydrogen) atoms. The summed E-state index contributed by atoms with van der Waals surface area (Å²) in [6.07, 6.45) is 5.18. The number of benzene rings is 1. The fourth-order valence-electron chi connectivity index (χ4n) is 2.87. The van der Waals surface area contributed by atoms with Crippen LogP contribution in [0.4, 0.5) is 5.00 Å². The molecule has 2 amide bonds. The van der Waals surface area contributed by atoms with Gasteiger partial charge in [-0.3, -0.25) is 9.59 Å². The van der Waals surface area contributed by atoms with Crippen LogP contribution in [0.3, 0.4) is 0 Å². The van der Waals surface area contributed by atoms with Crippen molar-refractivity contribution in [2.24, 2.45) is 5.73 Å². The Kier molecular flexibility index (Phi) is 5.01. The zero-order chi connectivity index (χ0) is 16.4. The van der Waals surface area contributed by atoms with Crippen LogP contribution < -0.4 is 11.1 Å². The molecule has 0 aliphatic heterocycles. The molecular weight excluding hydrogens is 423 g/mol. The van der Waals surface area contributed by atoms with E-state index in [0.29, 0.717) is 16.1 Å². The number of primary amides is 1. The average molecular weight is 440 g/mol. The van der Waals surface area contributed by atoms with E-state index in [9.17, 15) is 9.59 Å². The van der Waals surface area contributed by atoms with E-state index in [1.54, 1.807) is 12.1 Å². The fraction of sp³-hybridized carbons (Fsp3) is 0.294. The SMILES string of the molecule is NC(=O)c1c(NC(=O)c2ccc(I)cc2)sc2c1CCCCC2. The number of carbonyl (C=O) groups excluding carboxylic acids is 2. The number of nitrogens with one attached hydrogen (secondary N) is 1. The van der Waals surface area contributed by atoms with Crippen molar-refractivity contribution in [1.82, 2.24) is 0 Å². The summed E-state index contributed by atoms with van der Waals surface area (Å²) in [6.45, 7) is 0. The van der Waals surface area contributed by atoms with Crippen LogP contribution in [0.15, 0.2) is 24.3 Å². The lowest BCUT2D eigenvalue weighted by Crippen LogP contribution is -2.18. The summed E-state index contributed by atoms with van der Waals surface area (Å²) >= 11 is 3.69. The molecule has 0 fully saturated rings. The summed E-state index contributed by atoms with van der Waals surface area (Å²) in [5.41, 5.74) is 7.70. The number of rotatable bonds is 3. The zero-order valence-corrected chi connectivity index (χ0v) is 15.5. The molecule has 0 saturated carbocycles. The molecule has 6 heteroatoms. The van der Waals surface area contributed by atoms with Gasteiger partial charge in [0.05, 0.1) is 5.56 Å². The van der Waals surface area contributed by atoms with Gasteiger partial charge < -0.3 is 11.1 Å². The molecule has 0 atom stereocenters. The molecule has 0 spiro atoms. The van der Waals surface area contributed by atoms with Crippen LogP contribution in [-0.2, 0) is 12.8 Å². The molecule has 1 heterocycles. The molecule has 3 N–H and O–H groups in total. The maximum absolute atomic E-state index is 12.4. The van der Waals surface area contributed by atoms with Crippen LogP contribution >= 0.6 is 33.9 Å².